The first-order valence-corrected chi connectivity index (χ1v) is 16.4. The molecule has 4 nitrogen and oxygen atoms in total. The van der Waals surface area contributed by atoms with Gasteiger partial charge in [-0.15, -0.1) is 0 Å². The van der Waals surface area contributed by atoms with Crippen LogP contribution in [0.15, 0.2) is 103 Å². The van der Waals surface area contributed by atoms with Gasteiger partial charge in [-0.25, -0.2) is 4.57 Å². The summed E-state index contributed by atoms with van der Waals surface area (Å²) in [6.45, 7) is 5.94. The van der Waals surface area contributed by atoms with Gasteiger partial charge in [0.25, 0.3) is 0 Å². The molecule has 0 spiro atoms. The molecule has 234 valence electrons. The SMILES string of the molecule is CCCCCCCCC(B(Cc1ccc(OC)cc1)Cc1ccc(OC)cc1)c1ccc(OC)cc1.CC[n+]1ccccc1. The summed E-state index contributed by atoms with van der Waals surface area (Å²) >= 11 is 0. The van der Waals surface area contributed by atoms with Crippen LogP contribution in [0.3, 0.4) is 0 Å². The summed E-state index contributed by atoms with van der Waals surface area (Å²) in [5.41, 5.74) is 4.13. The zero-order valence-corrected chi connectivity index (χ0v) is 27.7. The van der Waals surface area contributed by atoms with E-state index in [1.54, 1.807) is 21.3 Å². The van der Waals surface area contributed by atoms with Gasteiger partial charge in [0.15, 0.2) is 19.1 Å². The fourth-order valence-corrected chi connectivity index (χ4v) is 5.80. The first-order valence-electron chi connectivity index (χ1n) is 16.4. The Morgan fingerprint density at radius 1 is 0.568 bits per heavy atom. The molecule has 0 saturated heterocycles. The lowest BCUT2D eigenvalue weighted by molar-refractivity contribution is -0.693. The van der Waals surface area contributed by atoms with Crippen molar-refractivity contribution in [3.05, 3.63) is 120 Å². The Bertz CT molecular complexity index is 1230. The monoisotopic (exact) mass is 594 g/mol. The number of pyridine rings is 1. The lowest BCUT2D eigenvalue weighted by atomic mass is 9.34. The third-order valence-electron chi connectivity index (χ3n) is 8.44. The minimum atomic E-state index is 0.478. The average molecular weight is 595 g/mol. The van der Waals surface area contributed by atoms with Crippen molar-refractivity contribution < 1.29 is 18.8 Å². The van der Waals surface area contributed by atoms with Crippen LogP contribution >= 0.6 is 0 Å². The molecule has 4 aromatic rings. The highest BCUT2D eigenvalue weighted by atomic mass is 16.5. The van der Waals surface area contributed by atoms with Gasteiger partial charge in [-0.2, -0.15) is 0 Å². The number of methoxy groups -OCH3 is 3. The molecule has 0 radical (unpaired) electrons. The minimum Gasteiger partial charge on any atom is -0.497 e. The molecule has 1 heterocycles. The van der Waals surface area contributed by atoms with Crippen LogP contribution in [0.5, 0.6) is 17.2 Å². The summed E-state index contributed by atoms with van der Waals surface area (Å²) in [6.07, 6.45) is 15.3. The molecule has 1 aromatic heterocycles. The summed E-state index contributed by atoms with van der Waals surface area (Å²) in [4.78, 5) is 0. The number of ether oxygens (including phenoxy) is 3. The van der Waals surface area contributed by atoms with E-state index in [0.29, 0.717) is 12.5 Å². The van der Waals surface area contributed by atoms with E-state index in [1.165, 1.54) is 61.6 Å². The van der Waals surface area contributed by atoms with Crippen LogP contribution in [0.4, 0.5) is 0 Å². The smallest absolute Gasteiger partial charge is 0.168 e. The molecule has 1 atom stereocenters. The van der Waals surface area contributed by atoms with Crippen molar-refractivity contribution in [3.63, 3.8) is 0 Å². The second-order valence-corrected chi connectivity index (χ2v) is 11.5. The molecule has 3 aromatic carbocycles. The highest BCUT2D eigenvalue weighted by Crippen LogP contribution is 2.31. The quantitative estimate of drug-likeness (QED) is 0.0694. The molecule has 1 unspecified atom stereocenters. The van der Waals surface area contributed by atoms with E-state index >= 15 is 0 Å². The Balaban J connectivity index is 0.000000572. The van der Waals surface area contributed by atoms with E-state index < -0.39 is 0 Å². The fraction of sp³-hybridized carbons (Fsp3) is 0.410. The highest BCUT2D eigenvalue weighted by Gasteiger charge is 2.27. The third kappa shape index (κ3) is 12.1. The molecule has 0 aliphatic carbocycles. The lowest BCUT2D eigenvalue weighted by Gasteiger charge is -2.26. The second kappa shape index (κ2) is 20.3. The summed E-state index contributed by atoms with van der Waals surface area (Å²) in [5, 5.41) is 0. The summed E-state index contributed by atoms with van der Waals surface area (Å²) < 4.78 is 18.4. The van der Waals surface area contributed by atoms with E-state index in [9.17, 15) is 0 Å². The number of hydrogen-bond acceptors (Lipinski definition) is 3. The number of aromatic nitrogens is 1. The van der Waals surface area contributed by atoms with E-state index in [-0.39, 0.29) is 0 Å². The van der Waals surface area contributed by atoms with Crippen LogP contribution in [-0.2, 0) is 19.2 Å². The molecule has 0 aliphatic heterocycles. The number of aryl methyl sites for hydroxylation is 1. The van der Waals surface area contributed by atoms with E-state index in [1.807, 2.05) is 18.2 Å². The van der Waals surface area contributed by atoms with Crippen molar-refractivity contribution in [3.8, 4) is 17.2 Å². The molecule has 44 heavy (non-hydrogen) atoms. The fourth-order valence-electron chi connectivity index (χ4n) is 5.80. The Hall–Kier alpha value is -3.73. The molecule has 5 heteroatoms. The van der Waals surface area contributed by atoms with Gasteiger partial charge in [0, 0.05) is 12.1 Å². The molecular weight excluding hydrogens is 541 g/mol. The third-order valence-corrected chi connectivity index (χ3v) is 8.44. The predicted octanol–water partition coefficient (Wildman–Crippen LogP) is 9.14. The molecule has 0 amide bonds. The first-order chi connectivity index (χ1) is 21.6. The average Bonchev–Trinajstić information content (AvgIpc) is 3.09. The molecule has 0 saturated carbocycles. The van der Waals surface area contributed by atoms with E-state index in [2.05, 4.69) is 104 Å². The summed E-state index contributed by atoms with van der Waals surface area (Å²) in [7, 11) is 5.18. The molecule has 0 N–H and O–H groups in total. The zero-order chi connectivity index (χ0) is 31.4. The molecule has 4 rings (SSSR count). The van der Waals surface area contributed by atoms with Crippen molar-refractivity contribution in [1.82, 2.24) is 0 Å². The van der Waals surface area contributed by atoms with Gasteiger partial charge in [-0.05, 0) is 61.8 Å². The van der Waals surface area contributed by atoms with Crippen LogP contribution in [-0.4, -0.2) is 28.0 Å². The molecule has 0 bridgehead atoms. The van der Waals surface area contributed by atoms with Gasteiger partial charge in [-0.1, -0.05) is 111 Å². The normalized spacial score (nSPS) is 11.2. The highest BCUT2D eigenvalue weighted by molar-refractivity contribution is 6.59. The van der Waals surface area contributed by atoms with Crippen molar-refractivity contribution >= 4 is 6.71 Å². The Labute approximate surface area is 267 Å². The largest absolute Gasteiger partial charge is 0.497 e. The zero-order valence-electron chi connectivity index (χ0n) is 27.7. The number of nitrogens with zero attached hydrogens (tertiary/aromatic N) is 1. The van der Waals surface area contributed by atoms with E-state index in [0.717, 1.165) is 36.4 Å². The Kier molecular flexibility index (Phi) is 16.0. The Morgan fingerprint density at radius 2 is 1.02 bits per heavy atom. The minimum absolute atomic E-state index is 0.478. The topological polar surface area (TPSA) is 31.6 Å². The van der Waals surface area contributed by atoms with Gasteiger partial charge < -0.3 is 14.2 Å². The van der Waals surface area contributed by atoms with Gasteiger partial charge in [0.1, 0.15) is 23.8 Å². The maximum absolute atomic E-state index is 5.46. The predicted molar refractivity (Wildman–Crippen MR) is 185 cm³/mol. The number of rotatable bonds is 17. The molecule has 0 fully saturated rings. The van der Waals surface area contributed by atoms with Crippen molar-refractivity contribution in [2.75, 3.05) is 21.3 Å². The van der Waals surface area contributed by atoms with Crippen molar-refractivity contribution in [2.24, 2.45) is 0 Å². The first kappa shape index (κ1) is 34.8. The van der Waals surface area contributed by atoms with Gasteiger partial charge in [0.2, 0.25) is 0 Å². The van der Waals surface area contributed by atoms with Crippen LogP contribution < -0.4 is 18.8 Å². The van der Waals surface area contributed by atoms with Crippen LogP contribution in [0.2, 0.25) is 0 Å². The van der Waals surface area contributed by atoms with Crippen LogP contribution in [0, 0.1) is 0 Å². The molecule has 0 aliphatic rings. The number of unbranched alkanes of at least 4 members (excludes halogenated alkanes) is 5. The van der Waals surface area contributed by atoms with Crippen molar-refractivity contribution in [1.29, 1.82) is 0 Å². The standard InChI is InChI=1S/C32H43BO3.C7H10N/c1-5-6-7-8-9-10-11-32(28-16-22-31(36-4)23-17-28)33(24-26-12-18-29(34-2)19-13-26)25-27-14-20-30(35-3)21-15-27;1-2-8-6-4-3-5-7-8/h12-23,32H,5-11,24-25H2,1-4H3;3-7H,2H2,1H3/q;+1. The molecular formula is C39H53BNO3+. The van der Waals surface area contributed by atoms with Crippen molar-refractivity contribution in [2.45, 2.75) is 83.8 Å². The summed E-state index contributed by atoms with van der Waals surface area (Å²) in [6, 6.07) is 32.0. The lowest BCUT2D eigenvalue weighted by Crippen LogP contribution is -2.30. The van der Waals surface area contributed by atoms with Gasteiger partial charge in [0.05, 0.1) is 21.3 Å². The second-order valence-electron chi connectivity index (χ2n) is 11.5. The maximum Gasteiger partial charge on any atom is 0.168 e. The Morgan fingerprint density at radius 3 is 1.45 bits per heavy atom. The van der Waals surface area contributed by atoms with Crippen LogP contribution in [0.25, 0.3) is 0 Å². The van der Waals surface area contributed by atoms with Gasteiger partial charge >= 0.3 is 0 Å². The maximum atomic E-state index is 5.46. The summed E-state index contributed by atoms with van der Waals surface area (Å²) in [5.74, 6) is 3.21. The number of hydrogen-bond donors (Lipinski definition) is 0. The van der Waals surface area contributed by atoms with E-state index in [4.69, 9.17) is 14.2 Å². The van der Waals surface area contributed by atoms with Crippen LogP contribution in [0.1, 0.15) is 81.3 Å². The number of benzene rings is 3. The van der Waals surface area contributed by atoms with Gasteiger partial charge in [-0.3, -0.25) is 0 Å².